The molecule has 0 saturated carbocycles. The second-order valence-electron chi connectivity index (χ2n) is 10.1. The lowest BCUT2D eigenvalue weighted by Crippen LogP contribution is -2.60. The van der Waals surface area contributed by atoms with Crippen molar-refractivity contribution in [1.82, 2.24) is 20.7 Å². The Balaban J connectivity index is 1.61. The van der Waals surface area contributed by atoms with Crippen LogP contribution in [0.3, 0.4) is 0 Å². The van der Waals surface area contributed by atoms with Crippen molar-refractivity contribution in [2.24, 2.45) is 11.7 Å². The number of aliphatic carboxylic acids is 1. The first kappa shape index (κ1) is 29.7. The average Bonchev–Trinajstić information content (AvgIpc) is 2.91. The molecule has 0 aliphatic carbocycles. The fourth-order valence-electron chi connectivity index (χ4n) is 4.12. The van der Waals surface area contributed by atoms with E-state index in [1.54, 1.807) is 32.1 Å². The van der Waals surface area contributed by atoms with Crippen LogP contribution in [-0.4, -0.2) is 63.5 Å². The molecule has 1 aliphatic rings. The first-order valence-corrected chi connectivity index (χ1v) is 13.1. The van der Waals surface area contributed by atoms with Crippen molar-refractivity contribution in [3.63, 3.8) is 0 Å². The number of carbonyl (C=O) groups is 4. The number of carboxylic acids is 1. The van der Waals surface area contributed by atoms with Crippen molar-refractivity contribution in [2.75, 3.05) is 6.54 Å². The second-order valence-corrected chi connectivity index (χ2v) is 10.1. The summed E-state index contributed by atoms with van der Waals surface area (Å²) in [5.74, 6) is -2.25. The molecule has 1 aromatic carbocycles. The second kappa shape index (κ2) is 13.3. The number of fused-ring (bicyclic) bond motifs is 1. The van der Waals surface area contributed by atoms with E-state index in [2.05, 4.69) is 15.7 Å². The maximum absolute atomic E-state index is 13.0. The van der Waals surface area contributed by atoms with Gasteiger partial charge in [0.1, 0.15) is 18.2 Å². The van der Waals surface area contributed by atoms with E-state index in [0.29, 0.717) is 30.6 Å². The van der Waals surface area contributed by atoms with Crippen molar-refractivity contribution >= 4 is 40.7 Å². The predicted molar refractivity (Wildman–Crippen MR) is 146 cm³/mol. The maximum atomic E-state index is 13.0. The Morgan fingerprint density at radius 3 is 2.62 bits per heavy atom. The number of nitrogens with zero attached hydrogens (tertiary/aromatic N) is 2. The summed E-state index contributed by atoms with van der Waals surface area (Å²) >= 11 is 0. The maximum Gasteiger partial charge on any atom is 0.325 e. The number of hydrazine groups is 1. The van der Waals surface area contributed by atoms with E-state index in [9.17, 15) is 19.2 Å². The largest absolute Gasteiger partial charge is 0.481 e. The molecule has 0 spiro atoms. The van der Waals surface area contributed by atoms with Gasteiger partial charge in [-0.05, 0) is 50.3 Å². The molecule has 0 radical (unpaired) electrons. The molecule has 39 heavy (non-hydrogen) atoms. The van der Waals surface area contributed by atoms with Crippen LogP contribution in [0.1, 0.15) is 64.3 Å². The molecule has 1 fully saturated rings. The van der Waals surface area contributed by atoms with Gasteiger partial charge in [-0.2, -0.15) is 0 Å². The van der Waals surface area contributed by atoms with Gasteiger partial charge in [-0.1, -0.05) is 44.2 Å². The number of nitrogens with one attached hydrogen (secondary N) is 2. The SMILES string of the molecule is CC(NC(=O)[C@@H](N)C(C)C)C(=O)N1CCC[C@@H](C(=O)O[C@H](C)c2ccc3ccc(/C=C/CC(=O)O)cc3n2)N1. The van der Waals surface area contributed by atoms with E-state index >= 15 is 0 Å². The zero-order valence-corrected chi connectivity index (χ0v) is 22.7. The first-order valence-electron chi connectivity index (χ1n) is 13.1. The van der Waals surface area contributed by atoms with Crippen LogP contribution in [-0.2, 0) is 23.9 Å². The van der Waals surface area contributed by atoms with Gasteiger partial charge in [0.25, 0.3) is 5.91 Å². The molecule has 1 unspecified atom stereocenters. The molecule has 1 aromatic heterocycles. The highest BCUT2D eigenvalue weighted by molar-refractivity contribution is 5.89. The molecule has 2 heterocycles. The Kier molecular flexibility index (Phi) is 10.1. The summed E-state index contributed by atoms with van der Waals surface area (Å²) in [6.45, 7) is 7.35. The fourth-order valence-corrected chi connectivity index (χ4v) is 4.12. The van der Waals surface area contributed by atoms with Gasteiger partial charge in [0.05, 0.1) is 23.7 Å². The van der Waals surface area contributed by atoms with Crippen LogP contribution in [0.4, 0.5) is 0 Å². The van der Waals surface area contributed by atoms with Gasteiger partial charge >= 0.3 is 11.9 Å². The number of carbonyl (C=O) groups excluding carboxylic acids is 3. The standard InChI is InChI=1S/C28H37N5O6/c1-16(2)25(29)26(36)30-17(3)27(37)33-14-6-8-22(32-33)28(38)39-18(4)21-13-12-20-11-10-19(15-23(20)31-21)7-5-9-24(34)35/h5,7,10-13,15-18,22,25,32H,6,8-9,14,29H2,1-4H3,(H,30,36)(H,34,35)/b7-5+/t17?,18-,22+,25+/m1/s1. The van der Waals surface area contributed by atoms with Crippen molar-refractivity contribution in [3.8, 4) is 0 Å². The summed E-state index contributed by atoms with van der Waals surface area (Å²) in [6, 6.07) is 7.02. The zero-order valence-electron chi connectivity index (χ0n) is 22.7. The van der Waals surface area contributed by atoms with Gasteiger partial charge in [0.15, 0.2) is 0 Å². The topological polar surface area (TPSA) is 164 Å². The van der Waals surface area contributed by atoms with Crippen LogP contribution >= 0.6 is 0 Å². The van der Waals surface area contributed by atoms with Gasteiger partial charge in [-0.15, -0.1) is 0 Å². The summed E-state index contributed by atoms with van der Waals surface area (Å²) < 4.78 is 5.69. The van der Waals surface area contributed by atoms with E-state index in [-0.39, 0.29) is 18.2 Å². The highest BCUT2D eigenvalue weighted by Crippen LogP contribution is 2.22. The monoisotopic (exact) mass is 539 g/mol. The van der Waals surface area contributed by atoms with Gasteiger partial charge in [-0.3, -0.25) is 24.2 Å². The number of carboxylic acid groups (broad SMARTS) is 1. The highest BCUT2D eigenvalue weighted by atomic mass is 16.5. The average molecular weight is 540 g/mol. The summed E-state index contributed by atoms with van der Waals surface area (Å²) in [5.41, 5.74) is 10.9. The Bertz CT molecular complexity index is 1250. The summed E-state index contributed by atoms with van der Waals surface area (Å²) in [4.78, 5) is 53.5. The van der Waals surface area contributed by atoms with Crippen molar-refractivity contribution in [3.05, 3.63) is 47.7 Å². The van der Waals surface area contributed by atoms with E-state index in [1.807, 2.05) is 38.1 Å². The van der Waals surface area contributed by atoms with Crippen molar-refractivity contribution in [2.45, 2.75) is 71.2 Å². The third-order valence-electron chi connectivity index (χ3n) is 6.54. The molecule has 0 bridgehead atoms. The molecular weight excluding hydrogens is 502 g/mol. The minimum atomic E-state index is -0.907. The molecule has 1 aliphatic heterocycles. The van der Waals surface area contributed by atoms with Crippen LogP contribution in [0.2, 0.25) is 0 Å². The van der Waals surface area contributed by atoms with Gasteiger partial charge < -0.3 is 20.9 Å². The number of pyridine rings is 1. The number of hydrogen-bond donors (Lipinski definition) is 4. The lowest BCUT2D eigenvalue weighted by molar-refractivity contribution is -0.157. The molecule has 3 rings (SSSR count). The Labute approximate surface area is 227 Å². The molecule has 1 saturated heterocycles. The Morgan fingerprint density at radius 1 is 1.21 bits per heavy atom. The quantitative estimate of drug-likeness (QED) is 0.332. The molecule has 4 atom stereocenters. The third kappa shape index (κ3) is 8.08. The molecule has 11 heteroatoms. The van der Waals surface area contributed by atoms with Crippen LogP contribution in [0.15, 0.2) is 36.4 Å². The summed E-state index contributed by atoms with van der Waals surface area (Å²) in [5, 5.41) is 13.7. The fraction of sp³-hybridized carbons (Fsp3) is 0.464. The number of benzene rings is 1. The molecule has 5 N–H and O–H groups in total. The van der Waals surface area contributed by atoms with Gasteiger partial charge in [0, 0.05) is 11.9 Å². The summed E-state index contributed by atoms with van der Waals surface area (Å²) in [7, 11) is 0. The van der Waals surface area contributed by atoms with Crippen LogP contribution < -0.4 is 16.5 Å². The highest BCUT2D eigenvalue weighted by Gasteiger charge is 2.33. The van der Waals surface area contributed by atoms with Gasteiger partial charge in [-0.25, -0.2) is 10.4 Å². The molecule has 2 amide bonds. The van der Waals surface area contributed by atoms with E-state index in [1.165, 1.54) is 5.01 Å². The molecule has 2 aromatic rings. The predicted octanol–water partition coefficient (Wildman–Crippen LogP) is 2.31. The lowest BCUT2D eigenvalue weighted by Gasteiger charge is -2.34. The molecule has 210 valence electrons. The number of rotatable bonds is 10. The number of hydrogen-bond acceptors (Lipinski definition) is 8. The van der Waals surface area contributed by atoms with E-state index in [4.69, 9.17) is 15.6 Å². The number of aromatic nitrogens is 1. The normalized spacial score (nSPS) is 18.1. The molecule has 11 nitrogen and oxygen atoms in total. The van der Waals surface area contributed by atoms with Crippen LogP contribution in [0, 0.1) is 5.92 Å². The number of nitrogens with two attached hydrogens (primary N) is 1. The smallest absolute Gasteiger partial charge is 0.325 e. The first-order chi connectivity index (χ1) is 18.5. The van der Waals surface area contributed by atoms with Crippen LogP contribution in [0.25, 0.3) is 17.0 Å². The van der Waals surface area contributed by atoms with Gasteiger partial charge in [0.2, 0.25) is 5.91 Å². The van der Waals surface area contributed by atoms with Crippen molar-refractivity contribution in [1.29, 1.82) is 0 Å². The lowest BCUT2D eigenvalue weighted by atomic mass is 10.0. The van der Waals surface area contributed by atoms with E-state index in [0.717, 1.165) is 10.9 Å². The Morgan fingerprint density at radius 2 is 1.92 bits per heavy atom. The van der Waals surface area contributed by atoms with E-state index < -0.39 is 42.1 Å². The molecular formula is C28H37N5O6. The minimum Gasteiger partial charge on any atom is -0.481 e. The zero-order chi connectivity index (χ0) is 28.7. The third-order valence-corrected chi connectivity index (χ3v) is 6.54. The number of ether oxygens (including phenoxy) is 1. The Hall–Kier alpha value is -3.83. The number of esters is 1. The summed E-state index contributed by atoms with van der Waals surface area (Å²) in [6.07, 6.45) is 3.65. The number of amides is 2. The minimum absolute atomic E-state index is 0.0682. The van der Waals surface area contributed by atoms with Crippen LogP contribution in [0.5, 0.6) is 0 Å². The van der Waals surface area contributed by atoms with Crippen molar-refractivity contribution < 1.29 is 29.0 Å².